The van der Waals surface area contributed by atoms with Crippen molar-refractivity contribution in [1.82, 2.24) is 5.32 Å². The average molecular weight is 221 g/mol. The number of unbranched alkanes of at least 4 members (excludes halogenated alkanes) is 2. The van der Waals surface area contributed by atoms with Gasteiger partial charge in [0.05, 0.1) is 0 Å². The van der Waals surface area contributed by atoms with Gasteiger partial charge in [0.1, 0.15) is 0 Å². The highest BCUT2D eigenvalue weighted by molar-refractivity contribution is 5.25. The lowest BCUT2D eigenvalue weighted by molar-refractivity contribution is 0.192. The Hall–Kier alpha value is -0.860. The third kappa shape index (κ3) is 5.29. The number of hydrogen-bond acceptors (Lipinski definition) is 2. The summed E-state index contributed by atoms with van der Waals surface area (Å²) in [5.41, 5.74) is 2.77. The minimum Gasteiger partial charge on any atom is -0.385 e. The van der Waals surface area contributed by atoms with Crippen LogP contribution in [-0.4, -0.2) is 20.3 Å². The molecule has 1 aromatic rings. The van der Waals surface area contributed by atoms with Crippen LogP contribution >= 0.6 is 0 Å². The van der Waals surface area contributed by atoms with Crippen molar-refractivity contribution in [2.75, 3.05) is 20.3 Å². The van der Waals surface area contributed by atoms with Crippen LogP contribution in [0.1, 0.15) is 30.4 Å². The fourth-order valence-electron chi connectivity index (χ4n) is 1.70. The van der Waals surface area contributed by atoms with E-state index in [0.29, 0.717) is 0 Å². The maximum absolute atomic E-state index is 5.01. The lowest BCUT2D eigenvalue weighted by atomic mass is 10.1. The summed E-state index contributed by atoms with van der Waals surface area (Å²) in [5.74, 6) is 0. The summed E-state index contributed by atoms with van der Waals surface area (Å²) < 4.78 is 5.01. The molecule has 0 amide bonds. The molecule has 0 saturated carbocycles. The van der Waals surface area contributed by atoms with Crippen molar-refractivity contribution < 1.29 is 4.74 Å². The number of methoxy groups -OCH3 is 1. The van der Waals surface area contributed by atoms with Gasteiger partial charge >= 0.3 is 0 Å². The molecule has 1 rings (SSSR count). The molecule has 2 nitrogen and oxygen atoms in total. The van der Waals surface area contributed by atoms with Crippen LogP contribution in [0, 0.1) is 6.92 Å². The van der Waals surface area contributed by atoms with Gasteiger partial charge in [-0.2, -0.15) is 0 Å². The molecule has 0 radical (unpaired) electrons. The van der Waals surface area contributed by atoms with Crippen LogP contribution < -0.4 is 5.32 Å². The second-order valence-corrected chi connectivity index (χ2v) is 4.16. The highest BCUT2D eigenvalue weighted by Crippen LogP contribution is 2.06. The number of rotatable bonds is 8. The SMILES string of the molecule is COCCCCCNCc1ccccc1C. The van der Waals surface area contributed by atoms with E-state index in [1.807, 2.05) is 0 Å². The van der Waals surface area contributed by atoms with Gasteiger partial charge in [-0.25, -0.2) is 0 Å². The molecule has 0 unspecified atom stereocenters. The summed E-state index contributed by atoms with van der Waals surface area (Å²) in [4.78, 5) is 0. The fraction of sp³-hybridized carbons (Fsp3) is 0.571. The summed E-state index contributed by atoms with van der Waals surface area (Å²) in [6.07, 6.45) is 3.65. The average Bonchev–Trinajstić information content (AvgIpc) is 2.30. The van der Waals surface area contributed by atoms with E-state index in [0.717, 1.165) is 19.7 Å². The molecule has 16 heavy (non-hydrogen) atoms. The van der Waals surface area contributed by atoms with Crippen molar-refractivity contribution in [3.8, 4) is 0 Å². The van der Waals surface area contributed by atoms with Crippen molar-refractivity contribution in [3.05, 3.63) is 35.4 Å². The lowest BCUT2D eigenvalue weighted by Gasteiger charge is -2.07. The first-order valence-electron chi connectivity index (χ1n) is 6.08. The van der Waals surface area contributed by atoms with Crippen molar-refractivity contribution in [2.45, 2.75) is 32.7 Å². The summed E-state index contributed by atoms with van der Waals surface area (Å²) in [5, 5.41) is 3.48. The molecule has 0 saturated heterocycles. The first-order chi connectivity index (χ1) is 7.84. The summed E-state index contributed by atoms with van der Waals surface area (Å²) in [6.45, 7) is 5.13. The van der Waals surface area contributed by atoms with E-state index in [2.05, 4.69) is 36.5 Å². The van der Waals surface area contributed by atoms with Crippen LogP contribution in [0.3, 0.4) is 0 Å². The zero-order chi connectivity index (χ0) is 11.6. The molecule has 0 aliphatic carbocycles. The molecule has 1 aromatic carbocycles. The van der Waals surface area contributed by atoms with Crippen molar-refractivity contribution in [1.29, 1.82) is 0 Å². The number of nitrogens with one attached hydrogen (secondary N) is 1. The van der Waals surface area contributed by atoms with Crippen LogP contribution in [0.25, 0.3) is 0 Å². The zero-order valence-electron chi connectivity index (χ0n) is 10.5. The molecule has 0 heterocycles. The van der Waals surface area contributed by atoms with Gasteiger partial charge in [-0.15, -0.1) is 0 Å². The summed E-state index contributed by atoms with van der Waals surface area (Å²) in [6, 6.07) is 8.54. The maximum atomic E-state index is 5.01. The Morgan fingerprint density at radius 1 is 1.12 bits per heavy atom. The lowest BCUT2D eigenvalue weighted by Crippen LogP contribution is -2.15. The first-order valence-corrected chi connectivity index (χ1v) is 6.08. The van der Waals surface area contributed by atoms with Gasteiger partial charge < -0.3 is 10.1 Å². The smallest absolute Gasteiger partial charge is 0.0462 e. The Balaban J connectivity index is 2.05. The number of benzene rings is 1. The van der Waals surface area contributed by atoms with E-state index in [1.165, 1.54) is 30.4 Å². The minimum atomic E-state index is 0.887. The van der Waals surface area contributed by atoms with E-state index in [-0.39, 0.29) is 0 Å². The van der Waals surface area contributed by atoms with Crippen molar-refractivity contribution in [3.63, 3.8) is 0 Å². The van der Waals surface area contributed by atoms with E-state index in [9.17, 15) is 0 Å². The third-order valence-corrected chi connectivity index (χ3v) is 2.78. The molecule has 0 atom stereocenters. The molecule has 0 fully saturated rings. The number of ether oxygens (including phenoxy) is 1. The van der Waals surface area contributed by atoms with Gasteiger partial charge in [0, 0.05) is 20.3 Å². The number of aryl methyl sites for hydroxylation is 1. The Kier molecular flexibility index (Phi) is 6.86. The van der Waals surface area contributed by atoms with Gasteiger partial charge in [0.15, 0.2) is 0 Å². The van der Waals surface area contributed by atoms with Gasteiger partial charge in [-0.05, 0) is 43.9 Å². The molecule has 90 valence electrons. The van der Waals surface area contributed by atoms with Crippen LogP contribution in [-0.2, 0) is 11.3 Å². The minimum absolute atomic E-state index is 0.887. The normalized spacial score (nSPS) is 10.6. The van der Waals surface area contributed by atoms with E-state index < -0.39 is 0 Å². The third-order valence-electron chi connectivity index (χ3n) is 2.78. The Bertz CT molecular complexity index is 286. The summed E-state index contributed by atoms with van der Waals surface area (Å²) >= 11 is 0. The van der Waals surface area contributed by atoms with E-state index in [1.54, 1.807) is 7.11 Å². The monoisotopic (exact) mass is 221 g/mol. The molecule has 0 spiro atoms. The zero-order valence-corrected chi connectivity index (χ0v) is 10.5. The molecule has 0 aliphatic rings. The van der Waals surface area contributed by atoms with Crippen molar-refractivity contribution in [2.24, 2.45) is 0 Å². The quantitative estimate of drug-likeness (QED) is 0.682. The Morgan fingerprint density at radius 2 is 1.94 bits per heavy atom. The predicted octanol–water partition coefficient (Wildman–Crippen LogP) is 2.90. The number of hydrogen-bond donors (Lipinski definition) is 1. The fourth-order valence-corrected chi connectivity index (χ4v) is 1.70. The molecule has 2 heteroatoms. The maximum Gasteiger partial charge on any atom is 0.0462 e. The molecule has 0 bridgehead atoms. The molecular formula is C14H23NO. The molecular weight excluding hydrogens is 198 g/mol. The highest BCUT2D eigenvalue weighted by atomic mass is 16.5. The van der Waals surface area contributed by atoms with Crippen LogP contribution in [0.15, 0.2) is 24.3 Å². The topological polar surface area (TPSA) is 21.3 Å². The predicted molar refractivity (Wildman–Crippen MR) is 68.6 cm³/mol. The Morgan fingerprint density at radius 3 is 2.69 bits per heavy atom. The molecule has 1 N–H and O–H groups in total. The standard InChI is InChI=1S/C14H23NO/c1-13-8-4-5-9-14(13)12-15-10-6-3-7-11-16-2/h4-5,8-9,15H,3,6-7,10-12H2,1-2H3. The van der Waals surface area contributed by atoms with Crippen LogP contribution in [0.2, 0.25) is 0 Å². The van der Waals surface area contributed by atoms with Gasteiger partial charge in [0.25, 0.3) is 0 Å². The van der Waals surface area contributed by atoms with Crippen LogP contribution in [0.4, 0.5) is 0 Å². The molecule has 0 aromatic heterocycles. The first kappa shape index (κ1) is 13.2. The highest BCUT2D eigenvalue weighted by Gasteiger charge is 1.95. The molecule has 0 aliphatic heterocycles. The second kappa shape index (κ2) is 8.31. The largest absolute Gasteiger partial charge is 0.385 e. The van der Waals surface area contributed by atoms with E-state index in [4.69, 9.17) is 4.74 Å². The summed E-state index contributed by atoms with van der Waals surface area (Å²) in [7, 11) is 1.76. The van der Waals surface area contributed by atoms with Gasteiger partial charge in [0.2, 0.25) is 0 Å². The van der Waals surface area contributed by atoms with Crippen molar-refractivity contribution >= 4 is 0 Å². The Labute approximate surface area is 99.0 Å². The van der Waals surface area contributed by atoms with E-state index >= 15 is 0 Å². The van der Waals surface area contributed by atoms with Crippen LogP contribution in [0.5, 0.6) is 0 Å². The van der Waals surface area contributed by atoms with Gasteiger partial charge in [-0.1, -0.05) is 24.3 Å². The second-order valence-electron chi connectivity index (χ2n) is 4.16. The van der Waals surface area contributed by atoms with Gasteiger partial charge in [-0.3, -0.25) is 0 Å².